The fourth-order valence-electron chi connectivity index (χ4n) is 2.33. The topological polar surface area (TPSA) is 24.7 Å². The smallest absolute Gasteiger partial charge is 0.135 e. The summed E-state index contributed by atoms with van der Waals surface area (Å²) in [5, 5.41) is 7.59. The molecular weight excluding hydrogens is 306 g/mol. The Hall–Kier alpha value is -2.36. The molecule has 126 valence electrons. The highest BCUT2D eigenvalue weighted by molar-refractivity contribution is 5.83. The van der Waals surface area contributed by atoms with Crippen molar-refractivity contribution in [1.29, 1.82) is 0 Å². The second-order valence-corrected chi connectivity index (χ2v) is 5.83. The Bertz CT molecular complexity index is 696. The van der Waals surface area contributed by atoms with Crippen LogP contribution in [0, 0.1) is 18.6 Å². The average Bonchev–Trinajstić information content (AvgIpc) is 2.55. The largest absolute Gasteiger partial charge is 0.206 e. The van der Waals surface area contributed by atoms with Crippen molar-refractivity contribution in [2.24, 2.45) is 10.2 Å². The summed E-state index contributed by atoms with van der Waals surface area (Å²) in [5.74, 6) is -1.20. The third-order valence-electron chi connectivity index (χ3n) is 3.75. The first kappa shape index (κ1) is 18.0. The van der Waals surface area contributed by atoms with E-state index < -0.39 is 11.6 Å². The van der Waals surface area contributed by atoms with Crippen LogP contribution in [0.15, 0.2) is 46.6 Å². The molecule has 0 aromatic heterocycles. The zero-order chi connectivity index (χ0) is 17.4. The first-order chi connectivity index (χ1) is 11.6. The number of benzene rings is 2. The third kappa shape index (κ3) is 5.37. The van der Waals surface area contributed by atoms with E-state index in [4.69, 9.17) is 0 Å². The predicted octanol–water partition coefficient (Wildman–Crippen LogP) is 5.46. The molecule has 0 amide bonds. The molecule has 4 heteroatoms. The minimum atomic E-state index is -0.601. The van der Waals surface area contributed by atoms with Crippen LogP contribution < -0.4 is 0 Å². The molecule has 24 heavy (non-hydrogen) atoms. The number of aryl methyl sites for hydroxylation is 2. The van der Waals surface area contributed by atoms with Gasteiger partial charge in [0.2, 0.25) is 0 Å². The Kier molecular flexibility index (Phi) is 6.79. The lowest BCUT2D eigenvalue weighted by Crippen LogP contribution is -1.98. The van der Waals surface area contributed by atoms with Gasteiger partial charge in [0.05, 0.1) is 18.0 Å². The van der Waals surface area contributed by atoms with Crippen LogP contribution in [0.3, 0.4) is 0 Å². The minimum absolute atomic E-state index is 0.157. The van der Waals surface area contributed by atoms with E-state index in [1.165, 1.54) is 12.1 Å². The van der Waals surface area contributed by atoms with Crippen molar-refractivity contribution in [1.82, 2.24) is 0 Å². The molecule has 0 bridgehead atoms. The lowest BCUT2D eigenvalue weighted by Gasteiger charge is -2.04. The van der Waals surface area contributed by atoms with Gasteiger partial charge in [0.25, 0.3) is 0 Å². The second-order valence-electron chi connectivity index (χ2n) is 5.83. The van der Waals surface area contributed by atoms with E-state index in [2.05, 4.69) is 17.1 Å². The molecule has 0 saturated carbocycles. The molecule has 0 atom stereocenters. The fourth-order valence-corrected chi connectivity index (χ4v) is 2.33. The van der Waals surface area contributed by atoms with Gasteiger partial charge in [-0.1, -0.05) is 49.6 Å². The quantitative estimate of drug-likeness (QED) is 0.366. The highest BCUT2D eigenvalue weighted by Gasteiger charge is 2.09. The van der Waals surface area contributed by atoms with Crippen LogP contribution in [0.25, 0.3) is 0 Å². The number of nitrogens with zero attached hydrogens (tertiary/aromatic N) is 2. The van der Waals surface area contributed by atoms with Gasteiger partial charge in [-0.05, 0) is 43.0 Å². The normalized spacial score (nSPS) is 11.7. The summed E-state index contributed by atoms with van der Waals surface area (Å²) in [6.45, 7) is 4.09. The maximum atomic E-state index is 14.0. The Labute approximate surface area is 141 Å². The molecule has 0 saturated heterocycles. The molecule has 0 radical (unpaired) electrons. The number of unbranched alkanes of at least 4 members (excludes halogenated alkanes) is 2. The Morgan fingerprint density at radius 3 is 2.17 bits per heavy atom. The molecule has 0 unspecified atom stereocenters. The van der Waals surface area contributed by atoms with Crippen LogP contribution in [0.2, 0.25) is 0 Å². The fraction of sp³-hybridized carbons (Fsp3) is 0.300. The van der Waals surface area contributed by atoms with E-state index in [0.717, 1.165) is 36.6 Å². The summed E-state index contributed by atoms with van der Waals surface area (Å²) in [7, 11) is 0. The molecule has 2 nitrogen and oxygen atoms in total. The standard InChI is InChI=1S/C20H22F2N2/c1-3-4-5-6-17-11-19(21)18(20(22)12-17)14-24-23-13-16-9-7-15(2)8-10-16/h7-14H,3-6H2,1-2H3. The summed E-state index contributed by atoms with van der Waals surface area (Å²) < 4.78 is 28.1. The van der Waals surface area contributed by atoms with E-state index in [9.17, 15) is 8.78 Å². The number of hydrogen-bond acceptors (Lipinski definition) is 2. The summed E-state index contributed by atoms with van der Waals surface area (Å²) in [6.07, 6.45) is 6.42. The van der Waals surface area contributed by atoms with Crippen molar-refractivity contribution < 1.29 is 8.78 Å². The molecule has 0 aliphatic carbocycles. The second kappa shape index (κ2) is 9.06. The Morgan fingerprint density at radius 2 is 1.54 bits per heavy atom. The molecule has 2 rings (SSSR count). The summed E-state index contributed by atoms with van der Waals surface area (Å²) in [4.78, 5) is 0. The predicted molar refractivity (Wildman–Crippen MR) is 96.0 cm³/mol. The SMILES string of the molecule is CCCCCc1cc(F)c(C=NN=Cc2ccc(C)cc2)c(F)c1. The molecule has 0 spiro atoms. The van der Waals surface area contributed by atoms with Crippen molar-refractivity contribution in [3.05, 3.63) is 70.3 Å². The summed E-state index contributed by atoms with van der Waals surface area (Å²) >= 11 is 0. The van der Waals surface area contributed by atoms with Crippen LogP contribution in [0.4, 0.5) is 8.78 Å². The molecule has 2 aromatic carbocycles. The molecule has 0 N–H and O–H groups in total. The van der Waals surface area contributed by atoms with Crippen LogP contribution in [-0.2, 0) is 6.42 Å². The monoisotopic (exact) mass is 328 g/mol. The highest BCUT2D eigenvalue weighted by Crippen LogP contribution is 2.16. The van der Waals surface area contributed by atoms with Gasteiger partial charge in [-0.25, -0.2) is 8.78 Å². The van der Waals surface area contributed by atoms with Gasteiger partial charge in [0, 0.05) is 0 Å². The highest BCUT2D eigenvalue weighted by atomic mass is 19.1. The van der Waals surface area contributed by atoms with Crippen molar-refractivity contribution in [3.63, 3.8) is 0 Å². The molecule has 0 fully saturated rings. The molecule has 2 aromatic rings. The van der Waals surface area contributed by atoms with Gasteiger partial charge < -0.3 is 0 Å². The van der Waals surface area contributed by atoms with Crippen LogP contribution in [0.5, 0.6) is 0 Å². The lowest BCUT2D eigenvalue weighted by molar-refractivity contribution is 0.574. The first-order valence-corrected chi connectivity index (χ1v) is 8.21. The van der Waals surface area contributed by atoms with Gasteiger partial charge in [0.15, 0.2) is 0 Å². The number of hydrogen-bond donors (Lipinski definition) is 0. The van der Waals surface area contributed by atoms with Gasteiger partial charge >= 0.3 is 0 Å². The van der Waals surface area contributed by atoms with E-state index in [1.54, 1.807) is 6.21 Å². The maximum absolute atomic E-state index is 14.0. The Balaban J connectivity index is 2.04. The van der Waals surface area contributed by atoms with E-state index in [0.29, 0.717) is 12.0 Å². The lowest BCUT2D eigenvalue weighted by atomic mass is 10.0. The van der Waals surface area contributed by atoms with Crippen molar-refractivity contribution in [2.75, 3.05) is 0 Å². The van der Waals surface area contributed by atoms with Gasteiger partial charge in [0.1, 0.15) is 11.6 Å². The maximum Gasteiger partial charge on any atom is 0.135 e. The van der Waals surface area contributed by atoms with Crippen LogP contribution >= 0.6 is 0 Å². The molecule has 0 aliphatic heterocycles. The first-order valence-electron chi connectivity index (χ1n) is 8.21. The number of halogens is 2. The van der Waals surface area contributed by atoms with Crippen molar-refractivity contribution >= 4 is 12.4 Å². The molecular formula is C20H22F2N2. The third-order valence-corrected chi connectivity index (χ3v) is 3.75. The summed E-state index contributed by atoms with van der Waals surface area (Å²) in [5.41, 5.74) is 2.55. The summed E-state index contributed by atoms with van der Waals surface area (Å²) in [6, 6.07) is 10.5. The Morgan fingerprint density at radius 1 is 0.917 bits per heavy atom. The van der Waals surface area contributed by atoms with Gasteiger partial charge in [-0.3, -0.25) is 0 Å². The zero-order valence-electron chi connectivity index (χ0n) is 14.1. The molecule has 0 heterocycles. The van der Waals surface area contributed by atoms with Gasteiger partial charge in [-0.2, -0.15) is 10.2 Å². The van der Waals surface area contributed by atoms with E-state index >= 15 is 0 Å². The van der Waals surface area contributed by atoms with Crippen LogP contribution in [-0.4, -0.2) is 12.4 Å². The van der Waals surface area contributed by atoms with Crippen molar-refractivity contribution in [3.8, 4) is 0 Å². The van der Waals surface area contributed by atoms with E-state index in [1.807, 2.05) is 31.2 Å². The van der Waals surface area contributed by atoms with Crippen LogP contribution in [0.1, 0.15) is 48.4 Å². The number of rotatable bonds is 7. The van der Waals surface area contributed by atoms with Gasteiger partial charge in [-0.15, -0.1) is 0 Å². The van der Waals surface area contributed by atoms with Crippen molar-refractivity contribution in [2.45, 2.75) is 39.5 Å². The van der Waals surface area contributed by atoms with E-state index in [-0.39, 0.29) is 5.56 Å². The molecule has 0 aliphatic rings. The zero-order valence-corrected chi connectivity index (χ0v) is 14.1. The minimum Gasteiger partial charge on any atom is -0.206 e. The average molecular weight is 328 g/mol.